The highest BCUT2D eigenvalue weighted by Crippen LogP contribution is 2.41. The molecule has 34 heavy (non-hydrogen) atoms. The third-order valence-corrected chi connectivity index (χ3v) is 10.9. The second-order valence-corrected chi connectivity index (χ2v) is 15.2. The number of esters is 3. The Morgan fingerprint density at radius 3 is 1.29 bits per heavy atom. The van der Waals surface area contributed by atoms with E-state index in [-0.39, 0.29) is 24.3 Å². The maximum Gasteiger partial charge on any atom is 0.306 e. The van der Waals surface area contributed by atoms with Crippen molar-refractivity contribution in [3.8, 4) is 0 Å². The summed E-state index contributed by atoms with van der Waals surface area (Å²) in [5.41, 5.74) is 0. The summed E-state index contributed by atoms with van der Waals surface area (Å²) in [4.78, 5) is 37.1. The molecule has 0 saturated heterocycles. The number of aliphatic hydroxyl groups is 2. The topological polar surface area (TPSA) is 129 Å². The first-order chi connectivity index (χ1) is 15.7. The average Bonchev–Trinajstić information content (AvgIpc) is 2.71. The molecule has 9 nitrogen and oxygen atoms in total. The molecular weight excluding hydrogens is 460 g/mol. The van der Waals surface area contributed by atoms with Gasteiger partial charge in [0.15, 0.2) is 26.6 Å². The summed E-state index contributed by atoms with van der Waals surface area (Å²) < 4.78 is 23.1. The van der Waals surface area contributed by atoms with Gasteiger partial charge in [-0.2, -0.15) is 0 Å². The predicted molar refractivity (Wildman–Crippen MR) is 128 cm³/mol. The van der Waals surface area contributed by atoms with E-state index in [0.29, 0.717) is 19.3 Å². The Hall–Kier alpha value is -1.49. The van der Waals surface area contributed by atoms with Crippen LogP contribution in [0.3, 0.4) is 0 Å². The zero-order valence-electron chi connectivity index (χ0n) is 22.0. The first kappa shape index (κ1) is 30.5. The minimum atomic E-state index is -2.55. The molecule has 0 aliphatic heterocycles. The van der Waals surface area contributed by atoms with Crippen LogP contribution in [-0.2, 0) is 33.0 Å². The van der Waals surface area contributed by atoms with Crippen LogP contribution in [-0.4, -0.2) is 73.1 Å². The third-order valence-electron chi connectivity index (χ3n) is 6.40. The van der Waals surface area contributed by atoms with Gasteiger partial charge >= 0.3 is 17.9 Å². The lowest BCUT2D eigenvalue weighted by molar-refractivity contribution is -0.244. The second kappa shape index (κ2) is 13.0. The maximum atomic E-state index is 12.5. The summed E-state index contributed by atoms with van der Waals surface area (Å²) in [6.07, 6.45) is -6.42. The summed E-state index contributed by atoms with van der Waals surface area (Å²) >= 11 is 0. The molecule has 6 atom stereocenters. The molecule has 1 rings (SSSR count). The highest BCUT2D eigenvalue weighted by Gasteiger charge is 2.58. The van der Waals surface area contributed by atoms with Crippen LogP contribution in [0, 0.1) is 0 Å². The van der Waals surface area contributed by atoms with Crippen molar-refractivity contribution in [1.29, 1.82) is 0 Å². The highest BCUT2D eigenvalue weighted by atomic mass is 28.4. The van der Waals surface area contributed by atoms with E-state index in [1.165, 1.54) is 0 Å². The summed E-state index contributed by atoms with van der Waals surface area (Å²) in [6, 6.07) is 0. The van der Waals surface area contributed by atoms with E-state index in [0.717, 1.165) is 0 Å². The molecule has 0 heterocycles. The largest absolute Gasteiger partial charge is 0.457 e. The van der Waals surface area contributed by atoms with Crippen molar-refractivity contribution < 1.29 is 43.2 Å². The minimum absolute atomic E-state index is 0.0837. The second-order valence-electron chi connectivity index (χ2n) is 10.4. The van der Waals surface area contributed by atoms with Crippen LogP contribution in [0.25, 0.3) is 0 Å². The van der Waals surface area contributed by atoms with Gasteiger partial charge in [-0.25, -0.2) is 0 Å². The van der Waals surface area contributed by atoms with E-state index in [1.807, 2.05) is 47.7 Å². The minimum Gasteiger partial charge on any atom is -0.457 e. The van der Waals surface area contributed by atoms with Crippen LogP contribution < -0.4 is 0 Å². The smallest absolute Gasteiger partial charge is 0.306 e. The van der Waals surface area contributed by atoms with Crippen molar-refractivity contribution in [2.45, 2.75) is 135 Å². The Morgan fingerprint density at radius 1 is 0.676 bits per heavy atom. The SMILES string of the molecule is CCCC(=O)OC1[C@@H](O)[C@@H](OC(=O)CCC)C(O[Si](C)(C)C(C)(C)C)[C@H](OC(=O)CCC)[C@H]1O. The number of carbonyl (C=O) groups is 3. The van der Waals surface area contributed by atoms with Gasteiger partial charge in [-0.1, -0.05) is 41.5 Å². The van der Waals surface area contributed by atoms with Crippen LogP contribution in [0.4, 0.5) is 0 Å². The van der Waals surface area contributed by atoms with Crippen molar-refractivity contribution in [2.75, 3.05) is 0 Å². The summed E-state index contributed by atoms with van der Waals surface area (Å²) in [6.45, 7) is 15.4. The van der Waals surface area contributed by atoms with Crippen LogP contribution >= 0.6 is 0 Å². The molecule has 0 aromatic rings. The molecule has 10 heteroatoms. The Balaban J connectivity index is 3.49. The van der Waals surface area contributed by atoms with E-state index in [1.54, 1.807) is 6.92 Å². The van der Waals surface area contributed by atoms with Crippen LogP contribution in [0.2, 0.25) is 18.1 Å². The summed E-state index contributed by atoms with van der Waals surface area (Å²) in [7, 11) is -2.55. The van der Waals surface area contributed by atoms with Gasteiger partial charge in [0.25, 0.3) is 0 Å². The first-order valence-corrected chi connectivity index (χ1v) is 15.2. The molecule has 0 aromatic carbocycles. The maximum absolute atomic E-state index is 12.5. The number of aliphatic hydroxyl groups excluding tert-OH is 2. The molecule has 1 aliphatic rings. The van der Waals surface area contributed by atoms with Crippen LogP contribution in [0.15, 0.2) is 0 Å². The van der Waals surface area contributed by atoms with Crippen LogP contribution in [0.1, 0.15) is 80.1 Å². The lowest BCUT2D eigenvalue weighted by Crippen LogP contribution is -2.69. The molecule has 2 N–H and O–H groups in total. The molecule has 0 amide bonds. The molecule has 0 bridgehead atoms. The highest BCUT2D eigenvalue weighted by molar-refractivity contribution is 6.74. The lowest BCUT2D eigenvalue weighted by Gasteiger charge is -2.49. The standard InChI is InChI=1S/C24H44O9Si/c1-9-12-15(25)30-20-18(28)21(31-16(26)13-10-2)23(33-34(7,8)24(4,5)6)22(19(20)29)32-17(27)14-11-3/h18-23,28-29H,9-14H2,1-8H3/t18-,19+,20?,21-,22-,23?/m1/s1. The molecule has 0 aromatic heterocycles. The number of hydrogen-bond donors (Lipinski definition) is 2. The van der Waals surface area contributed by atoms with Gasteiger partial charge in [-0.15, -0.1) is 0 Å². The number of rotatable bonds is 11. The van der Waals surface area contributed by atoms with Crippen molar-refractivity contribution in [3.05, 3.63) is 0 Å². The summed E-state index contributed by atoms with van der Waals surface area (Å²) in [5, 5.41) is 22.0. The van der Waals surface area contributed by atoms with E-state index < -0.39 is 62.8 Å². The van der Waals surface area contributed by atoms with Gasteiger partial charge in [-0.3, -0.25) is 14.4 Å². The van der Waals surface area contributed by atoms with Crippen LogP contribution in [0.5, 0.6) is 0 Å². The van der Waals surface area contributed by atoms with E-state index in [2.05, 4.69) is 0 Å². The Kier molecular flexibility index (Phi) is 11.7. The molecular formula is C24H44O9Si. The third kappa shape index (κ3) is 8.03. The Labute approximate surface area is 204 Å². The monoisotopic (exact) mass is 504 g/mol. The van der Waals surface area contributed by atoms with E-state index >= 15 is 0 Å². The lowest BCUT2D eigenvalue weighted by atomic mass is 9.84. The fourth-order valence-electron chi connectivity index (χ4n) is 3.46. The molecule has 1 saturated carbocycles. The Morgan fingerprint density at radius 2 is 1.00 bits per heavy atom. The van der Waals surface area contributed by atoms with Gasteiger partial charge in [0.1, 0.15) is 18.3 Å². The summed E-state index contributed by atoms with van der Waals surface area (Å²) in [5.74, 6) is -1.75. The quantitative estimate of drug-likeness (QED) is 0.247. The fourth-order valence-corrected chi connectivity index (χ4v) is 4.76. The predicted octanol–water partition coefficient (Wildman–Crippen LogP) is 3.25. The Bertz CT molecular complexity index is 654. The molecule has 1 fully saturated rings. The van der Waals surface area contributed by atoms with Gasteiger partial charge in [-0.05, 0) is 37.4 Å². The van der Waals surface area contributed by atoms with E-state index in [9.17, 15) is 24.6 Å². The molecule has 0 spiro atoms. The van der Waals surface area contributed by atoms with Crippen molar-refractivity contribution in [3.63, 3.8) is 0 Å². The van der Waals surface area contributed by atoms with Crippen molar-refractivity contribution in [1.82, 2.24) is 0 Å². The molecule has 1 aliphatic carbocycles. The van der Waals surface area contributed by atoms with E-state index in [4.69, 9.17) is 18.6 Å². The normalized spacial score (nSPS) is 27.7. The zero-order valence-corrected chi connectivity index (χ0v) is 23.0. The number of hydrogen-bond acceptors (Lipinski definition) is 9. The molecule has 198 valence electrons. The number of carbonyl (C=O) groups excluding carboxylic acids is 3. The van der Waals surface area contributed by atoms with Gasteiger partial charge < -0.3 is 28.8 Å². The van der Waals surface area contributed by atoms with Gasteiger partial charge in [0.2, 0.25) is 0 Å². The van der Waals surface area contributed by atoms with Gasteiger partial charge in [0.05, 0.1) is 0 Å². The molecule has 0 radical (unpaired) electrons. The van der Waals surface area contributed by atoms with Crippen molar-refractivity contribution >= 4 is 26.2 Å². The fraction of sp³-hybridized carbons (Fsp3) is 0.875. The average molecular weight is 505 g/mol. The van der Waals surface area contributed by atoms with Gasteiger partial charge in [0, 0.05) is 19.3 Å². The number of ether oxygens (including phenoxy) is 3. The molecule has 2 unspecified atom stereocenters. The first-order valence-electron chi connectivity index (χ1n) is 12.3. The zero-order chi connectivity index (χ0) is 26.3. The van der Waals surface area contributed by atoms with Crippen molar-refractivity contribution in [2.24, 2.45) is 0 Å².